The van der Waals surface area contributed by atoms with E-state index in [-0.39, 0.29) is 24.1 Å². The largest absolute Gasteiger partial charge is 0.436 e. The number of fused-ring (bicyclic) bond motifs is 1. The van der Waals surface area contributed by atoms with Crippen molar-refractivity contribution in [2.75, 3.05) is 19.6 Å². The second kappa shape index (κ2) is 11.6. The summed E-state index contributed by atoms with van der Waals surface area (Å²) in [5.41, 5.74) is 8.91. The van der Waals surface area contributed by atoms with Crippen LogP contribution < -0.4 is 5.73 Å². The first kappa shape index (κ1) is 27.4. The minimum atomic E-state index is -2.87. The van der Waals surface area contributed by atoms with Gasteiger partial charge in [0.2, 0.25) is 17.7 Å². The van der Waals surface area contributed by atoms with Crippen LogP contribution in [0.5, 0.6) is 0 Å². The number of likely N-dealkylation sites (tertiary alicyclic amines) is 1. The number of rotatable bonds is 8. The molecule has 13 heteroatoms. The number of oxazole rings is 1. The van der Waals surface area contributed by atoms with Gasteiger partial charge in [-0.2, -0.15) is 8.78 Å². The Morgan fingerprint density at radius 2 is 1.88 bits per heavy atom. The number of alkyl halides is 2. The molecule has 2 aromatic heterocycles. The van der Waals surface area contributed by atoms with Gasteiger partial charge in [0.1, 0.15) is 5.52 Å². The summed E-state index contributed by atoms with van der Waals surface area (Å²) >= 11 is 0. The molecule has 0 bridgehead atoms. The summed E-state index contributed by atoms with van der Waals surface area (Å²) in [6, 6.07) is 14.3. The van der Waals surface area contributed by atoms with E-state index in [1.54, 1.807) is 35.4 Å². The number of benzene rings is 2. The number of carbonyl (C=O) groups is 2. The molecule has 2 aliphatic rings. The van der Waals surface area contributed by atoms with E-state index in [1.807, 2.05) is 36.4 Å². The standard InChI is InChI=1S/C29H28F2N8O3/c30-29(31)39-35-26(34-36-39)25(19-4-2-1-3-5-19)37-12-10-21(11-13-37)28(41)38-14-8-20(9-15-38)27-33-22-16-18(17-24(32)40)6-7-23(22)42-27/h1-9,14,16,21,25,29H,10-13,15,17H2,(H2,32,40). The predicted molar refractivity (Wildman–Crippen MR) is 147 cm³/mol. The number of allylic oxidation sites excluding steroid dienone is 2. The second-order valence-corrected chi connectivity index (χ2v) is 10.3. The molecular weight excluding hydrogens is 546 g/mol. The fraction of sp³-hybridized carbons (Fsp3) is 0.310. The van der Waals surface area contributed by atoms with Crippen LogP contribution in [0.25, 0.3) is 16.7 Å². The number of aromatic nitrogens is 5. The van der Waals surface area contributed by atoms with Gasteiger partial charge in [-0.05, 0) is 60.5 Å². The zero-order chi connectivity index (χ0) is 29.2. The summed E-state index contributed by atoms with van der Waals surface area (Å²) in [6.45, 7) is -1.36. The number of tetrazole rings is 1. The van der Waals surface area contributed by atoms with Crippen molar-refractivity contribution < 1.29 is 22.8 Å². The lowest BCUT2D eigenvalue weighted by Gasteiger charge is -2.37. The molecule has 1 atom stereocenters. The van der Waals surface area contributed by atoms with Crippen molar-refractivity contribution in [1.82, 2.24) is 35.0 Å². The van der Waals surface area contributed by atoms with Crippen LogP contribution in [0, 0.1) is 5.92 Å². The fourth-order valence-corrected chi connectivity index (χ4v) is 5.45. The van der Waals surface area contributed by atoms with E-state index in [0.29, 0.717) is 54.3 Å². The molecule has 216 valence electrons. The van der Waals surface area contributed by atoms with Gasteiger partial charge in [-0.3, -0.25) is 14.5 Å². The van der Waals surface area contributed by atoms with Crippen molar-refractivity contribution in [3.8, 4) is 0 Å². The van der Waals surface area contributed by atoms with Crippen molar-refractivity contribution in [2.45, 2.75) is 31.9 Å². The maximum absolute atomic E-state index is 13.4. The minimum absolute atomic E-state index is 0.0212. The molecule has 0 spiro atoms. The average molecular weight is 575 g/mol. The van der Waals surface area contributed by atoms with Crippen LogP contribution in [0.3, 0.4) is 0 Å². The molecule has 0 radical (unpaired) electrons. The lowest BCUT2D eigenvalue weighted by Crippen LogP contribution is -2.43. The molecule has 2 aromatic carbocycles. The third kappa shape index (κ3) is 5.68. The van der Waals surface area contributed by atoms with Crippen molar-refractivity contribution >= 4 is 28.5 Å². The Morgan fingerprint density at radius 1 is 1.10 bits per heavy atom. The highest BCUT2D eigenvalue weighted by atomic mass is 19.3. The summed E-state index contributed by atoms with van der Waals surface area (Å²) in [5.74, 6) is 0.0506. The highest BCUT2D eigenvalue weighted by Crippen LogP contribution is 2.32. The molecule has 2 N–H and O–H groups in total. The molecule has 1 saturated heterocycles. The molecular formula is C29H28F2N8O3. The van der Waals surface area contributed by atoms with Gasteiger partial charge in [-0.25, -0.2) is 4.98 Å². The number of nitrogens with zero attached hydrogens (tertiary/aromatic N) is 7. The van der Waals surface area contributed by atoms with E-state index < -0.39 is 18.5 Å². The van der Waals surface area contributed by atoms with Gasteiger partial charge in [-0.1, -0.05) is 47.3 Å². The lowest BCUT2D eigenvalue weighted by atomic mass is 9.92. The average Bonchev–Trinajstić information content (AvgIpc) is 3.66. The van der Waals surface area contributed by atoms with Crippen molar-refractivity contribution in [1.29, 1.82) is 0 Å². The van der Waals surface area contributed by atoms with Gasteiger partial charge in [0.15, 0.2) is 11.4 Å². The maximum atomic E-state index is 13.4. The third-order valence-electron chi connectivity index (χ3n) is 7.52. The van der Waals surface area contributed by atoms with Crippen LogP contribution in [0.2, 0.25) is 0 Å². The molecule has 11 nitrogen and oxygen atoms in total. The molecule has 4 heterocycles. The number of carbonyl (C=O) groups excluding carboxylic acids is 2. The first-order chi connectivity index (χ1) is 20.4. The number of hydrogen-bond acceptors (Lipinski definition) is 8. The van der Waals surface area contributed by atoms with E-state index >= 15 is 0 Å². The van der Waals surface area contributed by atoms with Crippen LogP contribution in [0.4, 0.5) is 8.78 Å². The third-order valence-corrected chi connectivity index (χ3v) is 7.52. The van der Waals surface area contributed by atoms with Crippen molar-refractivity contribution in [2.24, 2.45) is 11.7 Å². The predicted octanol–water partition coefficient (Wildman–Crippen LogP) is 3.48. The smallest absolute Gasteiger partial charge is 0.350 e. The van der Waals surface area contributed by atoms with E-state index in [9.17, 15) is 18.4 Å². The Balaban J connectivity index is 1.10. The highest BCUT2D eigenvalue weighted by Gasteiger charge is 2.34. The Labute approximate surface area is 239 Å². The normalized spacial score (nSPS) is 17.1. The molecule has 0 aliphatic carbocycles. The molecule has 4 aromatic rings. The fourth-order valence-electron chi connectivity index (χ4n) is 5.45. The quantitative estimate of drug-likeness (QED) is 0.338. The number of hydrogen-bond donors (Lipinski definition) is 1. The van der Waals surface area contributed by atoms with Gasteiger partial charge < -0.3 is 15.1 Å². The SMILES string of the molecule is NC(=O)Cc1ccc2oc(C3=CCN(C(=O)C4CCN(C(c5ccccc5)c5nnn(C(F)F)n5)CC4)C=C3)nc2c1. The molecule has 1 unspecified atom stereocenters. The van der Waals surface area contributed by atoms with Crippen LogP contribution in [0.1, 0.15) is 48.3 Å². The topological polar surface area (TPSA) is 136 Å². The Kier molecular flexibility index (Phi) is 7.57. The Morgan fingerprint density at radius 3 is 2.55 bits per heavy atom. The monoisotopic (exact) mass is 574 g/mol. The summed E-state index contributed by atoms with van der Waals surface area (Å²) in [7, 11) is 0. The Hall–Kier alpha value is -4.78. The van der Waals surface area contributed by atoms with Gasteiger partial charge >= 0.3 is 6.55 Å². The molecule has 0 saturated carbocycles. The minimum Gasteiger partial charge on any atom is -0.436 e. The lowest BCUT2D eigenvalue weighted by molar-refractivity contribution is -0.134. The molecule has 6 rings (SSSR count). The zero-order valence-electron chi connectivity index (χ0n) is 22.5. The number of halogens is 2. The number of amides is 2. The Bertz CT molecular complexity index is 1660. The molecule has 2 amide bonds. The van der Waals surface area contributed by atoms with Gasteiger partial charge in [-0.15, -0.1) is 10.2 Å². The van der Waals surface area contributed by atoms with Crippen LogP contribution in [-0.2, 0) is 16.0 Å². The van der Waals surface area contributed by atoms with Crippen molar-refractivity contribution in [3.05, 3.63) is 89.7 Å². The summed E-state index contributed by atoms with van der Waals surface area (Å²) in [6.07, 6.45) is 6.77. The number of nitrogens with two attached hydrogens (primary N) is 1. The van der Waals surface area contributed by atoms with Gasteiger partial charge in [0, 0.05) is 24.2 Å². The van der Waals surface area contributed by atoms with E-state index in [0.717, 1.165) is 16.7 Å². The zero-order valence-corrected chi connectivity index (χ0v) is 22.5. The second-order valence-electron chi connectivity index (χ2n) is 10.3. The first-order valence-electron chi connectivity index (χ1n) is 13.6. The van der Waals surface area contributed by atoms with Crippen molar-refractivity contribution in [3.63, 3.8) is 0 Å². The van der Waals surface area contributed by atoms with E-state index in [4.69, 9.17) is 10.2 Å². The van der Waals surface area contributed by atoms with E-state index in [2.05, 4.69) is 25.3 Å². The summed E-state index contributed by atoms with van der Waals surface area (Å²) in [5, 5.41) is 11.4. The summed E-state index contributed by atoms with van der Waals surface area (Å²) < 4.78 is 32.2. The van der Waals surface area contributed by atoms with Crippen LogP contribution >= 0.6 is 0 Å². The number of primary amides is 1. The van der Waals surface area contributed by atoms with E-state index in [1.165, 1.54) is 0 Å². The molecule has 42 heavy (non-hydrogen) atoms. The van der Waals surface area contributed by atoms with Crippen LogP contribution in [-0.4, -0.2) is 66.4 Å². The molecule has 1 fully saturated rings. The molecule has 2 aliphatic heterocycles. The number of piperidine rings is 1. The van der Waals surface area contributed by atoms with Gasteiger partial charge in [0.25, 0.3) is 0 Å². The van der Waals surface area contributed by atoms with Gasteiger partial charge in [0.05, 0.1) is 12.5 Å². The van der Waals surface area contributed by atoms with Crippen LogP contribution in [0.15, 0.2) is 71.3 Å². The highest BCUT2D eigenvalue weighted by molar-refractivity contribution is 5.84. The summed E-state index contributed by atoms with van der Waals surface area (Å²) in [4.78, 5) is 33.3. The maximum Gasteiger partial charge on any atom is 0.350 e. The first-order valence-corrected chi connectivity index (χ1v) is 13.6.